The number of unbranched alkanes of at least 4 members (excludes halogenated alkanes) is 6. The van der Waals surface area contributed by atoms with Gasteiger partial charge < -0.3 is 0 Å². The van der Waals surface area contributed by atoms with Gasteiger partial charge >= 0.3 is 0 Å². The maximum absolute atomic E-state index is 13.5. The Morgan fingerprint density at radius 2 is 1.47 bits per heavy atom. The van der Waals surface area contributed by atoms with Gasteiger partial charge in [0.05, 0.1) is 0 Å². The number of rotatable bonds is 9. The van der Waals surface area contributed by atoms with Crippen molar-refractivity contribution in [2.75, 3.05) is 0 Å². The first kappa shape index (κ1) is 15.4. The van der Waals surface area contributed by atoms with E-state index in [0.717, 1.165) is 6.42 Å². The molecule has 0 aliphatic heterocycles. The average molecular weight is 253 g/mol. The minimum Gasteiger partial charge on any atom is -0.250 e. The molecule has 0 rings (SSSR count). The predicted octanol–water partition coefficient (Wildman–Crippen LogP) is 5.45. The van der Waals surface area contributed by atoms with Gasteiger partial charge in [-0.15, -0.1) is 0 Å². The highest BCUT2D eigenvalue weighted by molar-refractivity contribution is 7.19. The van der Waals surface area contributed by atoms with Crippen LogP contribution in [0.1, 0.15) is 58.3 Å². The second-order valence-corrected chi connectivity index (χ2v) is 11.6. The Morgan fingerprint density at radius 1 is 1.00 bits per heavy atom. The van der Waals surface area contributed by atoms with Crippen LogP contribution in [-0.4, -0.2) is 13.2 Å². The lowest BCUT2D eigenvalue weighted by atomic mass is 10.1. The van der Waals surface area contributed by atoms with Crippen LogP contribution >= 0.6 is 11.1 Å². The van der Waals surface area contributed by atoms with Crippen LogP contribution in [0.15, 0.2) is 0 Å². The number of alkyl halides is 1. The van der Waals surface area contributed by atoms with Gasteiger partial charge in [-0.25, -0.2) is 4.39 Å². The zero-order chi connectivity index (χ0) is 11.7. The summed E-state index contributed by atoms with van der Waals surface area (Å²) in [5, 5.41) is 0. The molecule has 0 saturated heterocycles. The van der Waals surface area contributed by atoms with Crippen LogP contribution in [0.2, 0.25) is 13.1 Å². The van der Waals surface area contributed by atoms with Crippen molar-refractivity contribution < 1.29 is 4.39 Å². The van der Waals surface area contributed by atoms with Crippen molar-refractivity contribution in [1.29, 1.82) is 0 Å². The smallest absolute Gasteiger partial charge is 0.187 e. The standard InChI is InChI=1S/C12H26ClFSi/c1-4-5-6-7-8-9-10-11-12(14)15(2,3)13/h12H,4-11H2,1-3H3. The van der Waals surface area contributed by atoms with Crippen molar-refractivity contribution in [1.82, 2.24) is 0 Å². The highest BCUT2D eigenvalue weighted by Crippen LogP contribution is 2.22. The van der Waals surface area contributed by atoms with E-state index in [9.17, 15) is 4.39 Å². The summed E-state index contributed by atoms with van der Waals surface area (Å²) < 4.78 is 13.5. The molecule has 92 valence electrons. The van der Waals surface area contributed by atoms with E-state index in [-0.39, 0.29) is 0 Å². The molecule has 0 saturated carbocycles. The zero-order valence-electron chi connectivity index (χ0n) is 10.5. The fraction of sp³-hybridized carbons (Fsp3) is 1.00. The first-order valence-corrected chi connectivity index (χ1v) is 10.4. The third kappa shape index (κ3) is 9.37. The lowest BCUT2D eigenvalue weighted by Crippen LogP contribution is -2.31. The number of hydrogen-bond acceptors (Lipinski definition) is 0. The third-order valence-electron chi connectivity index (χ3n) is 2.81. The highest BCUT2D eigenvalue weighted by atomic mass is 35.6. The van der Waals surface area contributed by atoms with E-state index in [1.54, 1.807) is 0 Å². The molecule has 15 heavy (non-hydrogen) atoms. The Balaban J connectivity index is 3.24. The summed E-state index contributed by atoms with van der Waals surface area (Å²) in [7, 11) is -2.04. The molecule has 0 N–H and O–H groups in total. The molecule has 0 aromatic carbocycles. The molecule has 0 heterocycles. The second kappa shape index (κ2) is 8.57. The summed E-state index contributed by atoms with van der Waals surface area (Å²) in [6.45, 7) is 6.00. The molecule has 0 amide bonds. The van der Waals surface area contributed by atoms with Gasteiger partial charge in [-0.3, -0.25) is 0 Å². The van der Waals surface area contributed by atoms with E-state index in [2.05, 4.69) is 6.92 Å². The molecule has 0 spiro atoms. The van der Waals surface area contributed by atoms with Crippen molar-refractivity contribution in [3.05, 3.63) is 0 Å². The van der Waals surface area contributed by atoms with Crippen molar-refractivity contribution >= 4 is 18.5 Å². The normalized spacial score (nSPS) is 14.2. The Bertz CT molecular complexity index is 145. The van der Waals surface area contributed by atoms with Crippen molar-refractivity contribution in [2.45, 2.75) is 77.2 Å². The summed E-state index contributed by atoms with van der Waals surface area (Å²) in [4.78, 5) is 0. The maximum Gasteiger partial charge on any atom is 0.187 e. The molecule has 0 aromatic heterocycles. The summed E-state index contributed by atoms with van der Waals surface area (Å²) >= 11 is 6.03. The van der Waals surface area contributed by atoms with Crippen LogP contribution in [0.3, 0.4) is 0 Å². The minimum absolute atomic E-state index is 0.677. The maximum atomic E-state index is 13.5. The van der Waals surface area contributed by atoms with Crippen molar-refractivity contribution in [3.63, 3.8) is 0 Å². The van der Waals surface area contributed by atoms with Crippen molar-refractivity contribution in [2.24, 2.45) is 0 Å². The van der Waals surface area contributed by atoms with E-state index < -0.39 is 13.2 Å². The number of hydrogen-bond donors (Lipinski definition) is 0. The SMILES string of the molecule is CCCCCCCCCC(F)[Si](C)(C)Cl. The molecule has 0 radical (unpaired) electrons. The number of halogens is 2. The topological polar surface area (TPSA) is 0 Å². The van der Waals surface area contributed by atoms with E-state index >= 15 is 0 Å². The highest BCUT2D eigenvalue weighted by Gasteiger charge is 2.29. The molecular weight excluding hydrogens is 227 g/mol. The van der Waals surface area contributed by atoms with E-state index in [0.29, 0.717) is 6.42 Å². The Kier molecular flexibility index (Phi) is 8.82. The zero-order valence-corrected chi connectivity index (χ0v) is 12.2. The van der Waals surface area contributed by atoms with Crippen LogP contribution in [0.25, 0.3) is 0 Å². The molecule has 0 aliphatic carbocycles. The van der Waals surface area contributed by atoms with Gasteiger partial charge in [0.25, 0.3) is 0 Å². The predicted molar refractivity (Wildman–Crippen MR) is 70.8 cm³/mol. The average Bonchev–Trinajstić information content (AvgIpc) is 2.14. The van der Waals surface area contributed by atoms with Crippen LogP contribution < -0.4 is 0 Å². The van der Waals surface area contributed by atoms with Gasteiger partial charge in [-0.05, 0) is 6.42 Å². The molecule has 0 fully saturated rings. The fourth-order valence-corrected chi connectivity index (χ4v) is 2.84. The Hall–Kier alpha value is 0.437. The fourth-order valence-electron chi connectivity index (χ4n) is 1.62. The molecule has 0 nitrogen and oxygen atoms in total. The van der Waals surface area contributed by atoms with Gasteiger partial charge in [0.2, 0.25) is 0 Å². The monoisotopic (exact) mass is 252 g/mol. The molecule has 0 aromatic rings. The molecule has 1 unspecified atom stereocenters. The van der Waals surface area contributed by atoms with E-state index in [1.165, 1.54) is 38.5 Å². The van der Waals surface area contributed by atoms with Crippen LogP contribution in [0, 0.1) is 0 Å². The van der Waals surface area contributed by atoms with E-state index in [1.807, 2.05) is 13.1 Å². The van der Waals surface area contributed by atoms with E-state index in [4.69, 9.17) is 11.1 Å². The van der Waals surface area contributed by atoms with Gasteiger partial charge in [0, 0.05) is 0 Å². The summed E-state index contributed by atoms with van der Waals surface area (Å²) in [6, 6.07) is 0. The van der Waals surface area contributed by atoms with Crippen LogP contribution in [-0.2, 0) is 0 Å². The van der Waals surface area contributed by atoms with Crippen LogP contribution in [0.5, 0.6) is 0 Å². The molecule has 3 heteroatoms. The molecule has 1 atom stereocenters. The quantitative estimate of drug-likeness (QED) is 0.291. The second-order valence-electron chi connectivity index (χ2n) is 4.94. The first-order chi connectivity index (χ1) is 6.98. The Labute approximate surface area is 100 Å². The van der Waals surface area contributed by atoms with Gasteiger partial charge in [0.1, 0.15) is 5.79 Å². The summed E-state index contributed by atoms with van der Waals surface area (Å²) in [5.74, 6) is -0.727. The molecule has 0 bridgehead atoms. The molecular formula is C12H26ClFSi. The van der Waals surface area contributed by atoms with Gasteiger partial charge in [-0.2, -0.15) is 11.1 Å². The third-order valence-corrected chi connectivity index (χ3v) is 5.29. The largest absolute Gasteiger partial charge is 0.250 e. The lowest BCUT2D eigenvalue weighted by molar-refractivity contribution is 0.391. The van der Waals surface area contributed by atoms with Crippen molar-refractivity contribution in [3.8, 4) is 0 Å². The van der Waals surface area contributed by atoms with Gasteiger partial charge in [-0.1, -0.05) is 65.0 Å². The Morgan fingerprint density at radius 3 is 1.93 bits per heavy atom. The lowest BCUT2D eigenvalue weighted by Gasteiger charge is -2.18. The van der Waals surface area contributed by atoms with Gasteiger partial charge in [0.15, 0.2) is 7.38 Å². The molecule has 0 aliphatic rings. The minimum atomic E-state index is -2.04. The summed E-state index contributed by atoms with van der Waals surface area (Å²) in [6.07, 6.45) is 9.40. The summed E-state index contributed by atoms with van der Waals surface area (Å²) in [5.41, 5.74) is 0. The van der Waals surface area contributed by atoms with Crippen LogP contribution in [0.4, 0.5) is 4.39 Å². The first-order valence-electron chi connectivity index (χ1n) is 6.31.